The number of rotatable bonds is 8. The Morgan fingerprint density at radius 3 is 2.52 bits per heavy atom. The molecule has 2 N–H and O–H groups in total. The van der Waals surface area contributed by atoms with Crippen LogP contribution in [0.3, 0.4) is 0 Å². The fourth-order valence-corrected chi connectivity index (χ4v) is 4.40. The topological polar surface area (TPSA) is 118 Å². The van der Waals surface area contributed by atoms with Gasteiger partial charge in [-0.25, -0.2) is 4.79 Å². The monoisotopic (exact) mass is 440 g/mol. The first-order valence-electron chi connectivity index (χ1n) is 10.1. The van der Waals surface area contributed by atoms with Gasteiger partial charge in [0.05, 0.1) is 12.3 Å². The highest BCUT2D eigenvalue weighted by atomic mass is 32.2. The molecule has 2 aromatic heterocycles. The number of carbonyl (C=O) groups is 1. The maximum absolute atomic E-state index is 13.0. The van der Waals surface area contributed by atoms with Crippen molar-refractivity contribution in [3.05, 3.63) is 68.1 Å². The molecule has 162 valence electrons. The number of aromatic nitrogens is 5. The molecule has 1 aliphatic carbocycles. The molecular weight excluding hydrogens is 416 g/mol. The van der Waals surface area contributed by atoms with Crippen LogP contribution in [0.4, 0.5) is 5.82 Å². The predicted molar refractivity (Wildman–Crippen MR) is 119 cm³/mol. The summed E-state index contributed by atoms with van der Waals surface area (Å²) in [5, 5.41) is 9.13. The highest BCUT2D eigenvalue weighted by molar-refractivity contribution is 7.99. The van der Waals surface area contributed by atoms with Gasteiger partial charge in [-0.2, -0.15) is 0 Å². The van der Waals surface area contributed by atoms with Crippen LogP contribution in [0.1, 0.15) is 47.4 Å². The minimum atomic E-state index is -0.687. The number of nitrogen functional groups attached to an aromatic ring is 1. The van der Waals surface area contributed by atoms with Crippen LogP contribution in [0.25, 0.3) is 0 Å². The summed E-state index contributed by atoms with van der Waals surface area (Å²) in [5.74, 6) is 0.819. The summed E-state index contributed by atoms with van der Waals surface area (Å²) in [6.07, 6.45) is 2.22. The minimum Gasteiger partial charge on any atom is -0.384 e. The summed E-state index contributed by atoms with van der Waals surface area (Å²) in [6, 6.07) is 9.26. The molecule has 1 aliphatic rings. The van der Waals surface area contributed by atoms with E-state index in [2.05, 4.69) is 10.2 Å². The number of benzene rings is 1. The van der Waals surface area contributed by atoms with E-state index >= 15 is 0 Å². The Bertz CT molecular complexity index is 1240. The molecule has 4 rings (SSSR count). The zero-order valence-electron chi connectivity index (χ0n) is 17.4. The van der Waals surface area contributed by atoms with Gasteiger partial charge in [-0.3, -0.25) is 18.7 Å². The number of Topliss-reactive ketones (excluding diaryl/α,β-unsaturated/α-hetero) is 1. The number of hydrogen-bond acceptors (Lipinski definition) is 7. The summed E-state index contributed by atoms with van der Waals surface area (Å²) < 4.78 is 4.19. The van der Waals surface area contributed by atoms with E-state index in [9.17, 15) is 14.4 Å². The molecule has 3 aromatic rings. The Hall–Kier alpha value is -3.14. The summed E-state index contributed by atoms with van der Waals surface area (Å²) in [5.41, 5.74) is 5.59. The van der Waals surface area contributed by atoms with Crippen molar-refractivity contribution in [2.24, 2.45) is 7.05 Å². The van der Waals surface area contributed by atoms with Gasteiger partial charge in [-0.1, -0.05) is 42.1 Å². The Labute approximate surface area is 182 Å². The third-order valence-electron chi connectivity index (χ3n) is 5.38. The molecular formula is C21H24N6O3S. The van der Waals surface area contributed by atoms with E-state index in [1.165, 1.54) is 23.4 Å². The number of anilines is 1. The first-order valence-corrected chi connectivity index (χ1v) is 11.1. The Kier molecular flexibility index (Phi) is 5.81. The zero-order chi connectivity index (χ0) is 22.1. The van der Waals surface area contributed by atoms with Crippen molar-refractivity contribution in [1.82, 2.24) is 23.9 Å². The molecule has 9 nitrogen and oxygen atoms in total. The molecule has 1 fully saturated rings. The lowest BCUT2D eigenvalue weighted by molar-refractivity contribution is 0.102. The van der Waals surface area contributed by atoms with Crippen molar-refractivity contribution >= 4 is 23.4 Å². The van der Waals surface area contributed by atoms with Crippen LogP contribution < -0.4 is 17.0 Å². The zero-order valence-corrected chi connectivity index (χ0v) is 18.3. The third-order valence-corrected chi connectivity index (χ3v) is 6.35. The fourth-order valence-electron chi connectivity index (χ4n) is 3.51. The van der Waals surface area contributed by atoms with E-state index in [4.69, 9.17) is 5.73 Å². The van der Waals surface area contributed by atoms with E-state index in [-0.39, 0.29) is 23.7 Å². The lowest BCUT2D eigenvalue weighted by Gasteiger charge is -2.14. The fraction of sp³-hybridized carbons (Fsp3) is 0.381. The van der Waals surface area contributed by atoms with Gasteiger partial charge in [0.15, 0.2) is 10.9 Å². The van der Waals surface area contributed by atoms with Gasteiger partial charge < -0.3 is 10.3 Å². The van der Waals surface area contributed by atoms with Crippen LogP contribution in [0.2, 0.25) is 0 Å². The summed E-state index contributed by atoms with van der Waals surface area (Å²) in [4.78, 5) is 38.3. The Balaban J connectivity index is 1.62. The second-order valence-corrected chi connectivity index (χ2v) is 8.49. The lowest BCUT2D eigenvalue weighted by Crippen LogP contribution is -2.43. The normalized spacial score (nSPS) is 13.5. The number of carbonyl (C=O) groups excluding carboxylic acids is 1. The smallest absolute Gasteiger partial charge is 0.332 e. The summed E-state index contributed by atoms with van der Waals surface area (Å²) in [6.45, 7) is 2.89. The molecule has 1 aromatic carbocycles. The quantitative estimate of drug-likeness (QED) is 0.418. The first-order chi connectivity index (χ1) is 14.9. The van der Waals surface area contributed by atoms with Crippen LogP contribution >= 0.6 is 11.8 Å². The molecule has 31 heavy (non-hydrogen) atoms. The molecule has 0 unspecified atom stereocenters. The number of hydrogen-bond donors (Lipinski definition) is 1. The van der Waals surface area contributed by atoms with Crippen molar-refractivity contribution in [3.63, 3.8) is 0 Å². The lowest BCUT2D eigenvalue weighted by atomic mass is 10.2. The molecule has 1 saturated carbocycles. The van der Waals surface area contributed by atoms with E-state index in [0.717, 1.165) is 28.8 Å². The van der Waals surface area contributed by atoms with Crippen molar-refractivity contribution in [3.8, 4) is 0 Å². The van der Waals surface area contributed by atoms with Crippen molar-refractivity contribution < 1.29 is 4.79 Å². The number of nitrogens with two attached hydrogens (primary N) is 1. The molecule has 0 atom stereocenters. The van der Waals surface area contributed by atoms with Crippen molar-refractivity contribution in [2.45, 2.75) is 43.9 Å². The largest absolute Gasteiger partial charge is 0.384 e. The van der Waals surface area contributed by atoms with Crippen LogP contribution in [0.15, 0.2) is 45.1 Å². The molecule has 0 radical (unpaired) electrons. The van der Waals surface area contributed by atoms with Crippen molar-refractivity contribution in [1.29, 1.82) is 0 Å². The van der Waals surface area contributed by atoms with Gasteiger partial charge in [0.1, 0.15) is 17.2 Å². The number of thioether (sulfide) groups is 1. The van der Waals surface area contributed by atoms with Gasteiger partial charge in [-0.15, -0.1) is 10.2 Å². The van der Waals surface area contributed by atoms with E-state index in [0.29, 0.717) is 17.6 Å². The van der Waals surface area contributed by atoms with Crippen LogP contribution in [-0.2, 0) is 20.1 Å². The first kappa shape index (κ1) is 21.1. The van der Waals surface area contributed by atoms with Crippen LogP contribution in [0, 0.1) is 0 Å². The number of ketones is 1. The van der Waals surface area contributed by atoms with Crippen molar-refractivity contribution in [2.75, 3.05) is 11.5 Å². The average molecular weight is 441 g/mol. The molecule has 0 saturated heterocycles. The second kappa shape index (κ2) is 8.54. The maximum atomic E-state index is 13.0. The third kappa shape index (κ3) is 4.07. The maximum Gasteiger partial charge on any atom is 0.332 e. The van der Waals surface area contributed by atoms with Gasteiger partial charge >= 0.3 is 5.69 Å². The summed E-state index contributed by atoms with van der Waals surface area (Å²) in [7, 11) is 1.35. The van der Waals surface area contributed by atoms with E-state index in [1.807, 2.05) is 41.8 Å². The van der Waals surface area contributed by atoms with Crippen LogP contribution in [0.5, 0.6) is 0 Å². The average Bonchev–Trinajstić information content (AvgIpc) is 3.54. The predicted octanol–water partition coefficient (Wildman–Crippen LogP) is 1.64. The minimum absolute atomic E-state index is 0.0220. The van der Waals surface area contributed by atoms with Crippen LogP contribution in [-0.4, -0.2) is 35.4 Å². The SMILES string of the molecule is CCn1c(SCC(=O)c2c(N)n(Cc3ccccc3)c(=O)n(C)c2=O)nnc1C1CC1. The van der Waals surface area contributed by atoms with E-state index in [1.54, 1.807) is 0 Å². The molecule has 0 bridgehead atoms. The highest BCUT2D eigenvalue weighted by Crippen LogP contribution is 2.40. The Morgan fingerprint density at radius 2 is 1.87 bits per heavy atom. The molecule has 0 aliphatic heterocycles. The van der Waals surface area contributed by atoms with Gasteiger partial charge in [0, 0.05) is 19.5 Å². The van der Waals surface area contributed by atoms with E-state index < -0.39 is 17.0 Å². The molecule has 0 amide bonds. The molecule has 2 heterocycles. The second-order valence-electron chi connectivity index (χ2n) is 7.55. The summed E-state index contributed by atoms with van der Waals surface area (Å²) >= 11 is 1.23. The molecule has 0 spiro atoms. The standard InChI is InChI=1S/C21H24N6O3S/c1-3-26-18(14-9-10-14)23-24-20(26)31-12-15(28)16-17(22)27(21(30)25(2)19(16)29)11-13-7-5-4-6-8-13/h4-8,14H,3,9-12,22H2,1-2H3. The number of nitrogens with zero attached hydrogens (tertiary/aromatic N) is 5. The highest BCUT2D eigenvalue weighted by Gasteiger charge is 2.30. The van der Waals surface area contributed by atoms with Gasteiger partial charge in [0.25, 0.3) is 5.56 Å². The van der Waals surface area contributed by atoms with Gasteiger partial charge in [-0.05, 0) is 25.3 Å². The molecule has 10 heteroatoms. The Morgan fingerprint density at radius 1 is 1.16 bits per heavy atom. The van der Waals surface area contributed by atoms with Gasteiger partial charge in [0.2, 0.25) is 0 Å².